The van der Waals surface area contributed by atoms with Crippen LogP contribution in [0.15, 0.2) is 30.3 Å². The van der Waals surface area contributed by atoms with Gasteiger partial charge in [0.2, 0.25) is 0 Å². The molecule has 0 spiro atoms. The van der Waals surface area contributed by atoms with Crippen molar-refractivity contribution in [1.29, 1.82) is 0 Å². The Morgan fingerprint density at radius 3 is 1.79 bits per heavy atom. The third-order valence-corrected chi connectivity index (χ3v) is 6.29. The lowest BCUT2D eigenvalue weighted by Gasteiger charge is -2.34. The monoisotopic (exact) mass is 284 g/mol. The Bertz CT molecular complexity index is 328. The van der Waals surface area contributed by atoms with Gasteiger partial charge in [-0.2, -0.15) is 0 Å². The SMILES string of the molecule is CCO[Si](OCC)(OCC)C(CO)c1ccccc1. The van der Waals surface area contributed by atoms with Crippen molar-refractivity contribution in [2.24, 2.45) is 0 Å². The molecule has 0 bridgehead atoms. The minimum absolute atomic E-state index is 0.0454. The van der Waals surface area contributed by atoms with Gasteiger partial charge in [-0.15, -0.1) is 0 Å². The summed E-state index contributed by atoms with van der Waals surface area (Å²) in [6.45, 7) is 7.23. The molecule has 0 amide bonds. The van der Waals surface area contributed by atoms with Crippen LogP contribution in [0.4, 0.5) is 0 Å². The van der Waals surface area contributed by atoms with E-state index in [0.29, 0.717) is 19.8 Å². The van der Waals surface area contributed by atoms with Crippen LogP contribution in [0.3, 0.4) is 0 Å². The summed E-state index contributed by atoms with van der Waals surface area (Å²) in [7, 11) is -2.92. The van der Waals surface area contributed by atoms with Gasteiger partial charge >= 0.3 is 8.80 Å². The van der Waals surface area contributed by atoms with Crippen molar-refractivity contribution in [3.8, 4) is 0 Å². The summed E-state index contributed by atoms with van der Waals surface area (Å²) in [5, 5.41) is 9.79. The first-order chi connectivity index (χ1) is 9.24. The predicted octanol–water partition coefficient (Wildman–Crippen LogP) is 2.35. The van der Waals surface area contributed by atoms with Crippen LogP contribution >= 0.6 is 0 Å². The van der Waals surface area contributed by atoms with Gasteiger partial charge in [-0.25, -0.2) is 0 Å². The van der Waals surface area contributed by atoms with Crippen LogP contribution < -0.4 is 0 Å². The molecule has 0 radical (unpaired) electrons. The smallest absolute Gasteiger partial charge is 0.396 e. The Morgan fingerprint density at radius 1 is 0.947 bits per heavy atom. The van der Waals surface area contributed by atoms with Gasteiger partial charge in [0, 0.05) is 19.8 Å². The van der Waals surface area contributed by atoms with Crippen LogP contribution in [0.1, 0.15) is 31.9 Å². The lowest BCUT2D eigenvalue weighted by Crippen LogP contribution is -2.53. The number of rotatable bonds is 9. The number of aliphatic hydroxyl groups is 1. The van der Waals surface area contributed by atoms with Crippen molar-refractivity contribution in [2.75, 3.05) is 26.4 Å². The van der Waals surface area contributed by atoms with E-state index in [1.54, 1.807) is 0 Å². The molecule has 1 aromatic carbocycles. The van der Waals surface area contributed by atoms with Crippen LogP contribution in [0.25, 0.3) is 0 Å². The molecule has 0 heterocycles. The molecule has 1 unspecified atom stereocenters. The molecule has 0 aliphatic rings. The Balaban J connectivity index is 3.10. The molecule has 4 nitrogen and oxygen atoms in total. The van der Waals surface area contributed by atoms with E-state index in [4.69, 9.17) is 13.3 Å². The second-order valence-electron chi connectivity index (χ2n) is 4.05. The molecule has 5 heteroatoms. The summed E-state index contributed by atoms with van der Waals surface area (Å²) in [4.78, 5) is 0. The lowest BCUT2D eigenvalue weighted by atomic mass is 10.1. The van der Waals surface area contributed by atoms with Crippen molar-refractivity contribution >= 4 is 8.80 Å². The molecule has 0 fully saturated rings. The Labute approximate surface area is 116 Å². The van der Waals surface area contributed by atoms with Gasteiger partial charge < -0.3 is 18.4 Å². The number of aliphatic hydroxyl groups excluding tert-OH is 1. The maximum Gasteiger partial charge on any atom is 0.511 e. The minimum Gasteiger partial charge on any atom is -0.396 e. The molecular weight excluding hydrogens is 260 g/mol. The second kappa shape index (κ2) is 8.45. The first-order valence-corrected chi connectivity index (χ1v) is 8.61. The molecule has 0 saturated heterocycles. The van der Waals surface area contributed by atoms with Gasteiger partial charge in [-0.3, -0.25) is 0 Å². The fourth-order valence-electron chi connectivity index (χ4n) is 2.14. The van der Waals surface area contributed by atoms with E-state index in [1.807, 2.05) is 51.1 Å². The van der Waals surface area contributed by atoms with Crippen LogP contribution in [0.2, 0.25) is 0 Å². The summed E-state index contributed by atoms with van der Waals surface area (Å²) >= 11 is 0. The first-order valence-electron chi connectivity index (χ1n) is 6.81. The zero-order valence-electron chi connectivity index (χ0n) is 12.0. The molecule has 0 aromatic heterocycles. The summed E-state index contributed by atoms with van der Waals surface area (Å²) < 4.78 is 17.6. The molecule has 1 atom stereocenters. The van der Waals surface area contributed by atoms with Crippen molar-refractivity contribution in [1.82, 2.24) is 0 Å². The summed E-state index contributed by atoms with van der Waals surface area (Å²) in [5.41, 5.74) is 0.751. The highest BCUT2D eigenvalue weighted by atomic mass is 28.4. The molecule has 0 aliphatic heterocycles. The van der Waals surface area contributed by atoms with Crippen molar-refractivity contribution in [3.63, 3.8) is 0 Å². The van der Waals surface area contributed by atoms with E-state index in [1.165, 1.54) is 0 Å². The van der Waals surface area contributed by atoms with Gasteiger partial charge in [0.25, 0.3) is 0 Å². The second-order valence-corrected chi connectivity index (χ2v) is 6.82. The number of hydrogen-bond donors (Lipinski definition) is 1. The molecule has 1 N–H and O–H groups in total. The number of hydrogen-bond acceptors (Lipinski definition) is 4. The lowest BCUT2D eigenvalue weighted by molar-refractivity contribution is 0.0540. The highest BCUT2D eigenvalue weighted by Gasteiger charge is 2.49. The summed E-state index contributed by atoms with van der Waals surface area (Å²) in [6, 6.07) is 9.78. The van der Waals surface area contributed by atoms with Crippen LogP contribution in [0, 0.1) is 0 Å². The minimum atomic E-state index is -2.92. The fraction of sp³-hybridized carbons (Fsp3) is 0.571. The quantitative estimate of drug-likeness (QED) is 0.707. The third-order valence-electron chi connectivity index (χ3n) is 2.85. The third kappa shape index (κ3) is 4.12. The average molecular weight is 284 g/mol. The van der Waals surface area contributed by atoms with E-state index in [0.717, 1.165) is 5.56 Å². The topological polar surface area (TPSA) is 47.9 Å². The van der Waals surface area contributed by atoms with Gasteiger partial charge in [-0.1, -0.05) is 30.3 Å². The van der Waals surface area contributed by atoms with E-state index < -0.39 is 8.80 Å². The first kappa shape index (κ1) is 16.3. The van der Waals surface area contributed by atoms with E-state index in [9.17, 15) is 5.11 Å². The summed E-state index contributed by atoms with van der Waals surface area (Å²) in [6.07, 6.45) is 0. The fourth-order valence-corrected chi connectivity index (χ4v) is 5.02. The number of benzene rings is 1. The van der Waals surface area contributed by atoms with Gasteiger partial charge in [0.15, 0.2) is 0 Å². The van der Waals surface area contributed by atoms with Gasteiger partial charge in [-0.05, 0) is 26.3 Å². The standard InChI is InChI=1S/C14H24O4Si/c1-4-16-19(17-5-2,18-6-3)14(12-15)13-10-8-7-9-11-13/h7-11,14-15H,4-6,12H2,1-3H3. The highest BCUT2D eigenvalue weighted by molar-refractivity contribution is 6.62. The maximum absolute atomic E-state index is 9.79. The normalized spacial score (nSPS) is 13.5. The molecule has 0 saturated carbocycles. The van der Waals surface area contributed by atoms with Gasteiger partial charge in [0.05, 0.1) is 12.1 Å². The van der Waals surface area contributed by atoms with Crippen molar-refractivity contribution in [2.45, 2.75) is 26.3 Å². The van der Waals surface area contributed by atoms with Crippen LogP contribution in [-0.2, 0) is 13.3 Å². The Morgan fingerprint density at radius 2 is 1.42 bits per heavy atom. The zero-order chi connectivity index (χ0) is 14.1. The van der Waals surface area contributed by atoms with Crippen molar-refractivity contribution in [3.05, 3.63) is 35.9 Å². The van der Waals surface area contributed by atoms with Crippen LogP contribution in [-0.4, -0.2) is 40.3 Å². The van der Waals surface area contributed by atoms with Crippen LogP contribution in [0.5, 0.6) is 0 Å². The molecule has 1 aromatic rings. The highest BCUT2D eigenvalue weighted by Crippen LogP contribution is 2.29. The average Bonchev–Trinajstić information content (AvgIpc) is 2.41. The molecular formula is C14H24O4Si. The zero-order valence-corrected chi connectivity index (χ0v) is 13.0. The molecule has 0 aliphatic carbocycles. The maximum atomic E-state index is 9.79. The van der Waals surface area contributed by atoms with Crippen molar-refractivity contribution < 1.29 is 18.4 Å². The molecule has 19 heavy (non-hydrogen) atoms. The molecule has 1 rings (SSSR count). The molecule has 108 valence electrons. The summed E-state index contributed by atoms with van der Waals surface area (Å²) in [5.74, 6) is 0. The Kier molecular flexibility index (Phi) is 7.26. The van der Waals surface area contributed by atoms with E-state index >= 15 is 0 Å². The van der Waals surface area contributed by atoms with E-state index in [2.05, 4.69) is 0 Å². The van der Waals surface area contributed by atoms with E-state index in [-0.39, 0.29) is 12.1 Å². The Hall–Kier alpha value is -0.723. The predicted molar refractivity (Wildman–Crippen MR) is 76.9 cm³/mol. The van der Waals surface area contributed by atoms with Gasteiger partial charge in [0.1, 0.15) is 0 Å². The largest absolute Gasteiger partial charge is 0.511 e.